The van der Waals surface area contributed by atoms with Gasteiger partial charge in [-0.05, 0) is 48.9 Å². The van der Waals surface area contributed by atoms with Gasteiger partial charge >= 0.3 is 0 Å². The summed E-state index contributed by atoms with van der Waals surface area (Å²) in [7, 11) is 0. The Morgan fingerprint density at radius 2 is 1.69 bits per heavy atom. The van der Waals surface area contributed by atoms with Crippen LogP contribution >= 0.6 is 11.8 Å². The summed E-state index contributed by atoms with van der Waals surface area (Å²) < 4.78 is 0. The highest BCUT2D eigenvalue weighted by molar-refractivity contribution is 8.00. The first-order chi connectivity index (χ1) is 15.4. The van der Waals surface area contributed by atoms with Gasteiger partial charge in [-0.1, -0.05) is 54.1 Å². The summed E-state index contributed by atoms with van der Waals surface area (Å²) in [5.74, 6) is -1.13. The number of nitrogens with two attached hydrogens (primary N) is 1. The van der Waals surface area contributed by atoms with E-state index in [1.807, 2.05) is 43.3 Å². The molecule has 0 spiro atoms. The van der Waals surface area contributed by atoms with Gasteiger partial charge in [-0.2, -0.15) is 0 Å². The topological polar surface area (TPSA) is 101 Å². The zero-order chi connectivity index (χ0) is 22.9. The lowest BCUT2D eigenvalue weighted by molar-refractivity contribution is -0.115. The van der Waals surface area contributed by atoms with Crippen LogP contribution in [0, 0.1) is 6.92 Å². The van der Waals surface area contributed by atoms with Gasteiger partial charge < -0.3 is 16.4 Å². The monoisotopic (exact) mass is 445 g/mol. The molecule has 0 bridgehead atoms. The van der Waals surface area contributed by atoms with E-state index < -0.39 is 11.8 Å². The molecule has 3 aromatic carbocycles. The standard InChI is InChI=1S/C25H23N3O3S/c1-17-7-5-8-18(13-17)14-22(28-24(30)19-9-3-2-4-10-19)25(31)27-20-11-6-12-21(15-20)32-16-23(26)29/h2-15H,16H2,1H3,(H2,26,29)(H,27,31)(H,28,30)/b22-14+. The summed E-state index contributed by atoms with van der Waals surface area (Å²) in [6, 6.07) is 23.4. The van der Waals surface area contributed by atoms with Crippen LogP contribution < -0.4 is 16.4 Å². The Morgan fingerprint density at radius 3 is 2.41 bits per heavy atom. The number of hydrogen-bond acceptors (Lipinski definition) is 4. The summed E-state index contributed by atoms with van der Waals surface area (Å²) in [6.45, 7) is 1.95. The molecule has 0 saturated carbocycles. The fourth-order valence-corrected chi connectivity index (χ4v) is 3.58. The molecule has 4 N–H and O–H groups in total. The molecular weight excluding hydrogens is 422 g/mol. The van der Waals surface area contributed by atoms with Crippen LogP contribution in [0.4, 0.5) is 5.69 Å². The normalized spacial score (nSPS) is 11.0. The van der Waals surface area contributed by atoms with Crippen molar-refractivity contribution in [1.82, 2.24) is 5.32 Å². The lowest BCUT2D eigenvalue weighted by Crippen LogP contribution is -2.30. The number of primary amides is 1. The Morgan fingerprint density at radius 1 is 0.938 bits per heavy atom. The van der Waals surface area contributed by atoms with Crippen molar-refractivity contribution in [3.8, 4) is 0 Å². The number of benzene rings is 3. The van der Waals surface area contributed by atoms with Crippen LogP contribution in [0.15, 0.2) is 89.5 Å². The summed E-state index contributed by atoms with van der Waals surface area (Å²) in [6.07, 6.45) is 1.63. The van der Waals surface area contributed by atoms with Gasteiger partial charge in [0.2, 0.25) is 5.91 Å². The van der Waals surface area contributed by atoms with Crippen LogP contribution in [0.25, 0.3) is 6.08 Å². The molecule has 3 rings (SSSR count). The van der Waals surface area contributed by atoms with Gasteiger partial charge in [-0.3, -0.25) is 14.4 Å². The summed E-state index contributed by atoms with van der Waals surface area (Å²) >= 11 is 1.28. The molecule has 7 heteroatoms. The Hall–Kier alpha value is -3.84. The zero-order valence-corrected chi connectivity index (χ0v) is 18.3. The number of rotatable bonds is 8. The minimum absolute atomic E-state index is 0.111. The Balaban J connectivity index is 1.84. The van der Waals surface area contributed by atoms with Crippen molar-refractivity contribution in [3.05, 3.63) is 101 Å². The molecule has 3 amide bonds. The third-order valence-electron chi connectivity index (χ3n) is 4.35. The largest absolute Gasteiger partial charge is 0.369 e. The summed E-state index contributed by atoms with van der Waals surface area (Å²) in [5, 5.41) is 5.53. The molecule has 0 saturated heterocycles. The molecule has 0 fully saturated rings. The van der Waals surface area contributed by atoms with Crippen LogP contribution in [0.3, 0.4) is 0 Å². The second-order valence-corrected chi connectivity index (χ2v) is 8.08. The molecule has 0 radical (unpaired) electrons. The van der Waals surface area contributed by atoms with Crippen molar-refractivity contribution in [2.75, 3.05) is 11.1 Å². The maximum Gasteiger partial charge on any atom is 0.272 e. The molecule has 0 aliphatic heterocycles. The highest BCUT2D eigenvalue weighted by Crippen LogP contribution is 2.22. The lowest BCUT2D eigenvalue weighted by Gasteiger charge is -2.12. The number of carbonyl (C=O) groups excluding carboxylic acids is 3. The first-order valence-electron chi connectivity index (χ1n) is 9.88. The van der Waals surface area contributed by atoms with Crippen LogP contribution in [-0.2, 0) is 9.59 Å². The van der Waals surface area contributed by atoms with E-state index in [0.29, 0.717) is 11.3 Å². The third-order valence-corrected chi connectivity index (χ3v) is 5.37. The maximum absolute atomic E-state index is 13.1. The van der Waals surface area contributed by atoms with E-state index in [2.05, 4.69) is 10.6 Å². The van der Waals surface area contributed by atoms with Gasteiger partial charge in [0.05, 0.1) is 5.75 Å². The predicted octanol–water partition coefficient (Wildman–Crippen LogP) is 3.98. The van der Waals surface area contributed by atoms with Gasteiger partial charge in [-0.25, -0.2) is 0 Å². The van der Waals surface area contributed by atoms with Crippen LogP contribution in [0.2, 0.25) is 0 Å². The number of carbonyl (C=O) groups is 3. The van der Waals surface area contributed by atoms with Crippen molar-refractivity contribution in [2.45, 2.75) is 11.8 Å². The molecular formula is C25H23N3O3S. The molecule has 0 atom stereocenters. The van der Waals surface area contributed by atoms with Gasteiger partial charge in [0.15, 0.2) is 0 Å². The molecule has 0 heterocycles. The van der Waals surface area contributed by atoms with Crippen molar-refractivity contribution >= 4 is 41.2 Å². The minimum atomic E-state index is -0.465. The highest BCUT2D eigenvalue weighted by atomic mass is 32.2. The number of aryl methyl sites for hydroxylation is 1. The van der Waals surface area contributed by atoms with E-state index >= 15 is 0 Å². The van der Waals surface area contributed by atoms with E-state index in [9.17, 15) is 14.4 Å². The maximum atomic E-state index is 13.1. The number of hydrogen-bond donors (Lipinski definition) is 3. The van der Waals surface area contributed by atoms with E-state index in [4.69, 9.17) is 5.73 Å². The Bertz CT molecular complexity index is 1160. The minimum Gasteiger partial charge on any atom is -0.369 e. The average molecular weight is 446 g/mol. The number of amides is 3. The predicted molar refractivity (Wildman–Crippen MR) is 128 cm³/mol. The number of nitrogens with one attached hydrogen (secondary N) is 2. The molecule has 6 nitrogen and oxygen atoms in total. The van der Waals surface area contributed by atoms with Crippen molar-refractivity contribution in [2.24, 2.45) is 5.73 Å². The molecule has 0 aromatic heterocycles. The molecule has 0 aliphatic carbocycles. The summed E-state index contributed by atoms with van der Waals surface area (Å²) in [5.41, 5.74) is 8.11. The van der Waals surface area contributed by atoms with E-state index in [1.165, 1.54) is 11.8 Å². The lowest BCUT2D eigenvalue weighted by atomic mass is 10.1. The quantitative estimate of drug-likeness (QED) is 0.361. The van der Waals surface area contributed by atoms with Gasteiger partial charge in [0.25, 0.3) is 11.8 Å². The van der Waals surface area contributed by atoms with E-state index in [0.717, 1.165) is 16.0 Å². The van der Waals surface area contributed by atoms with Crippen LogP contribution in [0.1, 0.15) is 21.5 Å². The van der Waals surface area contributed by atoms with E-state index in [-0.39, 0.29) is 17.4 Å². The van der Waals surface area contributed by atoms with Gasteiger partial charge in [0, 0.05) is 16.1 Å². The fourth-order valence-electron chi connectivity index (χ4n) is 2.89. The van der Waals surface area contributed by atoms with Crippen molar-refractivity contribution in [3.63, 3.8) is 0 Å². The smallest absolute Gasteiger partial charge is 0.272 e. The Kier molecular flexibility index (Phi) is 7.83. The van der Waals surface area contributed by atoms with E-state index in [1.54, 1.807) is 48.5 Å². The van der Waals surface area contributed by atoms with Crippen molar-refractivity contribution in [1.29, 1.82) is 0 Å². The Labute approximate surface area is 190 Å². The second-order valence-electron chi connectivity index (χ2n) is 7.03. The van der Waals surface area contributed by atoms with Crippen LogP contribution in [-0.4, -0.2) is 23.5 Å². The second kappa shape index (κ2) is 11.0. The van der Waals surface area contributed by atoms with Crippen LogP contribution in [0.5, 0.6) is 0 Å². The molecule has 32 heavy (non-hydrogen) atoms. The molecule has 0 aliphatic rings. The average Bonchev–Trinajstić information content (AvgIpc) is 2.78. The number of anilines is 1. The fraction of sp³-hybridized carbons (Fsp3) is 0.0800. The van der Waals surface area contributed by atoms with Crippen molar-refractivity contribution < 1.29 is 14.4 Å². The summed E-state index contributed by atoms with van der Waals surface area (Å²) in [4.78, 5) is 37.6. The van der Waals surface area contributed by atoms with Gasteiger partial charge in [0.1, 0.15) is 5.70 Å². The van der Waals surface area contributed by atoms with Gasteiger partial charge in [-0.15, -0.1) is 11.8 Å². The first kappa shape index (κ1) is 22.8. The first-order valence-corrected chi connectivity index (χ1v) is 10.9. The highest BCUT2D eigenvalue weighted by Gasteiger charge is 2.15. The number of thioether (sulfide) groups is 1. The SMILES string of the molecule is Cc1cccc(/C=C(/NC(=O)c2ccccc2)C(=O)Nc2cccc(SCC(N)=O)c2)c1. The molecule has 162 valence electrons. The zero-order valence-electron chi connectivity index (χ0n) is 17.5. The molecule has 0 unspecified atom stereocenters. The third kappa shape index (κ3) is 6.85. The molecule has 3 aromatic rings.